The van der Waals surface area contributed by atoms with E-state index in [1.807, 2.05) is 12.3 Å². The third-order valence-electron chi connectivity index (χ3n) is 4.49. The first kappa shape index (κ1) is 22.6. The van der Waals surface area contributed by atoms with Gasteiger partial charge in [0.05, 0.1) is 21.3 Å². The molecule has 3 heterocycles. The summed E-state index contributed by atoms with van der Waals surface area (Å²) >= 11 is 3.12. The van der Waals surface area contributed by atoms with E-state index in [1.54, 1.807) is 43.5 Å². The average molecular weight is 456 g/mol. The number of anilines is 2. The molecule has 30 heavy (non-hydrogen) atoms. The van der Waals surface area contributed by atoms with Crippen LogP contribution in [0, 0.1) is 12.8 Å². The molecular formula is C20H24F3N5S2. The molecule has 1 unspecified atom stereocenters. The standard InChI is InChI=1S/C20H24F3N5S2/c1-5-16-26-12(4)17(30-16)14-10-29-19(27-14)28-15-7-6-13(8-24-15)9-25-18(11(2)3)20(21,22)23/h6-8,10-11,18,25H,5,9H2,1-4H3,(H,24,27,28). The molecule has 0 amide bonds. The molecule has 0 saturated carbocycles. The summed E-state index contributed by atoms with van der Waals surface area (Å²) in [6.07, 6.45) is -1.81. The topological polar surface area (TPSA) is 62.7 Å². The van der Waals surface area contributed by atoms with Gasteiger partial charge >= 0.3 is 6.18 Å². The molecule has 0 fully saturated rings. The van der Waals surface area contributed by atoms with E-state index in [1.165, 1.54) is 11.3 Å². The maximum absolute atomic E-state index is 13.1. The fourth-order valence-corrected chi connectivity index (χ4v) is 4.69. The van der Waals surface area contributed by atoms with E-state index < -0.39 is 18.1 Å². The monoisotopic (exact) mass is 455 g/mol. The van der Waals surface area contributed by atoms with Gasteiger partial charge in [0.25, 0.3) is 0 Å². The first-order valence-electron chi connectivity index (χ1n) is 9.61. The van der Waals surface area contributed by atoms with Crippen molar-refractivity contribution in [2.75, 3.05) is 5.32 Å². The van der Waals surface area contributed by atoms with Crippen molar-refractivity contribution in [1.29, 1.82) is 0 Å². The van der Waals surface area contributed by atoms with Gasteiger partial charge in [-0.25, -0.2) is 15.0 Å². The number of nitrogens with one attached hydrogen (secondary N) is 2. The summed E-state index contributed by atoms with van der Waals surface area (Å²) < 4.78 is 39.2. The van der Waals surface area contributed by atoms with Crippen LogP contribution in [0.5, 0.6) is 0 Å². The maximum Gasteiger partial charge on any atom is 0.404 e. The van der Waals surface area contributed by atoms with Crippen molar-refractivity contribution >= 4 is 33.6 Å². The largest absolute Gasteiger partial charge is 0.404 e. The Kier molecular flexibility index (Phi) is 7.10. The maximum atomic E-state index is 13.1. The molecule has 0 aliphatic rings. The van der Waals surface area contributed by atoms with Crippen molar-refractivity contribution < 1.29 is 13.2 Å². The minimum Gasteiger partial charge on any atom is -0.316 e. The van der Waals surface area contributed by atoms with Crippen LogP contribution in [0.15, 0.2) is 23.7 Å². The molecule has 0 radical (unpaired) electrons. The molecular weight excluding hydrogens is 431 g/mol. The Morgan fingerprint density at radius 2 is 1.93 bits per heavy atom. The molecule has 3 aromatic heterocycles. The molecule has 2 N–H and O–H groups in total. The van der Waals surface area contributed by atoms with Crippen molar-refractivity contribution in [1.82, 2.24) is 20.3 Å². The van der Waals surface area contributed by atoms with Gasteiger partial charge < -0.3 is 10.6 Å². The second kappa shape index (κ2) is 9.40. The van der Waals surface area contributed by atoms with E-state index in [0.717, 1.165) is 27.7 Å². The lowest BCUT2D eigenvalue weighted by atomic mass is 10.0. The zero-order chi connectivity index (χ0) is 21.9. The molecule has 0 aliphatic carbocycles. The number of aryl methyl sites for hydroxylation is 2. The minimum atomic E-state index is -4.28. The van der Waals surface area contributed by atoms with Crippen LogP contribution in [0.2, 0.25) is 0 Å². The number of pyridine rings is 1. The highest BCUT2D eigenvalue weighted by atomic mass is 32.1. The number of halogens is 3. The predicted molar refractivity (Wildman–Crippen MR) is 116 cm³/mol. The van der Waals surface area contributed by atoms with Gasteiger partial charge in [-0.05, 0) is 30.9 Å². The summed E-state index contributed by atoms with van der Waals surface area (Å²) in [5, 5.41) is 9.49. The first-order valence-corrected chi connectivity index (χ1v) is 11.3. The molecule has 3 rings (SSSR count). The quantitative estimate of drug-likeness (QED) is 0.439. The van der Waals surface area contributed by atoms with Gasteiger partial charge in [-0.1, -0.05) is 26.8 Å². The molecule has 10 heteroatoms. The third-order valence-corrected chi connectivity index (χ3v) is 6.57. The number of hydrogen-bond acceptors (Lipinski definition) is 7. The van der Waals surface area contributed by atoms with E-state index in [4.69, 9.17) is 0 Å². The summed E-state index contributed by atoms with van der Waals surface area (Å²) in [6, 6.07) is 1.95. The summed E-state index contributed by atoms with van der Waals surface area (Å²) in [7, 11) is 0. The number of rotatable bonds is 8. The normalized spacial score (nSPS) is 13.1. The van der Waals surface area contributed by atoms with E-state index in [2.05, 4.69) is 32.5 Å². The minimum absolute atomic E-state index is 0.0987. The Morgan fingerprint density at radius 1 is 1.17 bits per heavy atom. The lowest BCUT2D eigenvalue weighted by Gasteiger charge is -2.25. The highest BCUT2D eigenvalue weighted by molar-refractivity contribution is 7.16. The fraction of sp³-hybridized carbons (Fsp3) is 0.450. The zero-order valence-corrected chi connectivity index (χ0v) is 18.8. The van der Waals surface area contributed by atoms with Gasteiger partial charge in [0.2, 0.25) is 0 Å². The Morgan fingerprint density at radius 3 is 2.50 bits per heavy atom. The van der Waals surface area contributed by atoms with Gasteiger partial charge in [0.1, 0.15) is 11.9 Å². The van der Waals surface area contributed by atoms with Crippen molar-refractivity contribution in [2.24, 2.45) is 5.92 Å². The van der Waals surface area contributed by atoms with Crippen LogP contribution >= 0.6 is 22.7 Å². The molecule has 0 aliphatic heterocycles. The van der Waals surface area contributed by atoms with E-state index in [9.17, 15) is 13.2 Å². The molecule has 5 nitrogen and oxygen atoms in total. The van der Waals surface area contributed by atoms with Crippen LogP contribution in [0.25, 0.3) is 10.6 Å². The van der Waals surface area contributed by atoms with Crippen molar-refractivity contribution in [3.63, 3.8) is 0 Å². The highest BCUT2D eigenvalue weighted by Gasteiger charge is 2.41. The number of thiazole rings is 2. The summed E-state index contributed by atoms with van der Waals surface area (Å²) in [5.74, 6) is 0.0414. The van der Waals surface area contributed by atoms with Gasteiger partial charge in [-0.3, -0.25) is 0 Å². The van der Waals surface area contributed by atoms with Crippen molar-refractivity contribution in [3.8, 4) is 10.6 Å². The molecule has 0 spiro atoms. The van der Waals surface area contributed by atoms with E-state index >= 15 is 0 Å². The number of alkyl halides is 3. The molecule has 162 valence electrons. The Balaban J connectivity index is 1.62. The van der Waals surface area contributed by atoms with Crippen LogP contribution in [0.1, 0.15) is 37.0 Å². The molecule has 0 bridgehead atoms. The Hall–Kier alpha value is -2.04. The number of nitrogens with zero attached hydrogens (tertiary/aromatic N) is 3. The average Bonchev–Trinajstić information content (AvgIpc) is 3.28. The molecule has 0 saturated heterocycles. The zero-order valence-electron chi connectivity index (χ0n) is 17.2. The van der Waals surface area contributed by atoms with Crippen LogP contribution in [-0.2, 0) is 13.0 Å². The van der Waals surface area contributed by atoms with Crippen LogP contribution in [-0.4, -0.2) is 27.2 Å². The summed E-state index contributed by atoms with van der Waals surface area (Å²) in [4.78, 5) is 14.5. The fourth-order valence-electron chi connectivity index (χ4n) is 2.95. The lowest BCUT2D eigenvalue weighted by Crippen LogP contribution is -2.45. The van der Waals surface area contributed by atoms with Crippen LogP contribution in [0.3, 0.4) is 0 Å². The molecule has 3 aromatic rings. The van der Waals surface area contributed by atoms with E-state index in [0.29, 0.717) is 16.5 Å². The Labute approximate surface area is 181 Å². The van der Waals surface area contributed by atoms with Crippen molar-refractivity contribution in [3.05, 3.63) is 40.0 Å². The second-order valence-electron chi connectivity index (χ2n) is 7.23. The van der Waals surface area contributed by atoms with Crippen molar-refractivity contribution in [2.45, 2.75) is 52.9 Å². The molecule has 1 atom stereocenters. The van der Waals surface area contributed by atoms with Gasteiger partial charge in [0.15, 0.2) is 5.13 Å². The van der Waals surface area contributed by atoms with Gasteiger partial charge in [-0.2, -0.15) is 13.2 Å². The van der Waals surface area contributed by atoms with E-state index in [-0.39, 0.29) is 6.54 Å². The molecule has 0 aromatic carbocycles. The predicted octanol–water partition coefficient (Wildman–Crippen LogP) is 5.95. The first-order chi connectivity index (χ1) is 14.2. The number of hydrogen-bond donors (Lipinski definition) is 2. The SMILES string of the molecule is CCc1nc(C)c(-c2csc(Nc3ccc(CNC(C(C)C)C(F)(F)F)cn3)n2)s1. The third kappa shape index (κ3) is 5.55. The highest BCUT2D eigenvalue weighted by Crippen LogP contribution is 2.33. The Bertz CT molecular complexity index is 964. The number of aromatic nitrogens is 3. The second-order valence-corrected chi connectivity index (χ2v) is 9.18. The summed E-state index contributed by atoms with van der Waals surface area (Å²) in [6.45, 7) is 7.26. The van der Waals surface area contributed by atoms with Crippen LogP contribution in [0.4, 0.5) is 24.1 Å². The lowest BCUT2D eigenvalue weighted by molar-refractivity contribution is -0.165. The summed E-state index contributed by atoms with van der Waals surface area (Å²) in [5.41, 5.74) is 2.54. The smallest absolute Gasteiger partial charge is 0.316 e. The van der Waals surface area contributed by atoms with Crippen LogP contribution < -0.4 is 10.6 Å². The van der Waals surface area contributed by atoms with Gasteiger partial charge in [0, 0.05) is 18.1 Å². The van der Waals surface area contributed by atoms with Gasteiger partial charge in [-0.15, -0.1) is 22.7 Å².